The number of fused-ring (bicyclic) bond motifs is 1. The molecule has 2 aromatic heterocycles. The van der Waals surface area contributed by atoms with Crippen LogP contribution in [0, 0.1) is 6.92 Å². The molecule has 0 saturated carbocycles. The lowest BCUT2D eigenvalue weighted by atomic mass is 10.3. The zero-order chi connectivity index (χ0) is 16.6. The summed E-state index contributed by atoms with van der Waals surface area (Å²) in [6.07, 6.45) is 0. The number of nitrogens with one attached hydrogen (secondary N) is 2. The second-order valence-electron chi connectivity index (χ2n) is 4.98. The van der Waals surface area contributed by atoms with Crippen molar-refractivity contribution in [3.8, 4) is 0 Å². The van der Waals surface area contributed by atoms with E-state index < -0.39 is 17.2 Å². The van der Waals surface area contributed by atoms with Gasteiger partial charge in [-0.15, -0.1) is 11.3 Å². The first kappa shape index (κ1) is 15.7. The van der Waals surface area contributed by atoms with Crippen LogP contribution in [0.4, 0.5) is 5.69 Å². The smallest absolute Gasteiger partial charge is 0.325 e. The van der Waals surface area contributed by atoms with Crippen LogP contribution in [-0.4, -0.2) is 15.5 Å². The fraction of sp³-hybridized carbons (Fsp3) is 0.133. The van der Waals surface area contributed by atoms with E-state index in [-0.39, 0.29) is 6.54 Å². The van der Waals surface area contributed by atoms with Crippen LogP contribution < -0.4 is 16.6 Å². The maximum atomic E-state index is 12.4. The Kier molecular flexibility index (Phi) is 4.18. The molecule has 0 aliphatic heterocycles. The fourth-order valence-corrected chi connectivity index (χ4v) is 3.35. The van der Waals surface area contributed by atoms with Crippen LogP contribution in [0.3, 0.4) is 0 Å². The Morgan fingerprint density at radius 3 is 2.70 bits per heavy atom. The van der Waals surface area contributed by atoms with Crippen molar-refractivity contribution in [1.82, 2.24) is 9.55 Å². The molecule has 0 atom stereocenters. The maximum absolute atomic E-state index is 12.4. The lowest BCUT2D eigenvalue weighted by molar-refractivity contribution is -0.116. The van der Waals surface area contributed by atoms with E-state index in [0.717, 1.165) is 13.9 Å². The summed E-state index contributed by atoms with van der Waals surface area (Å²) in [7, 11) is 0. The summed E-state index contributed by atoms with van der Waals surface area (Å²) in [5, 5.41) is 3.08. The third kappa shape index (κ3) is 3.27. The highest BCUT2D eigenvalue weighted by Crippen LogP contribution is 2.18. The summed E-state index contributed by atoms with van der Waals surface area (Å²) in [4.78, 5) is 40.5. The minimum atomic E-state index is -0.588. The van der Waals surface area contributed by atoms with Gasteiger partial charge in [0.2, 0.25) is 5.91 Å². The zero-order valence-corrected chi connectivity index (χ0v) is 14.5. The number of carbonyl (C=O) groups is 1. The minimum absolute atomic E-state index is 0.338. The van der Waals surface area contributed by atoms with Crippen LogP contribution in [-0.2, 0) is 11.3 Å². The third-order valence-electron chi connectivity index (χ3n) is 3.23. The van der Waals surface area contributed by atoms with Crippen LogP contribution in [0.1, 0.15) is 4.88 Å². The van der Waals surface area contributed by atoms with Gasteiger partial charge in [0.25, 0.3) is 5.56 Å². The van der Waals surface area contributed by atoms with Crippen molar-refractivity contribution in [2.45, 2.75) is 13.5 Å². The number of nitrogens with zero attached hydrogens (tertiary/aromatic N) is 1. The molecule has 1 aromatic carbocycles. The van der Waals surface area contributed by atoms with E-state index >= 15 is 0 Å². The monoisotopic (exact) mass is 393 g/mol. The standard InChI is InChI=1S/C15H12BrN3O3S/c1-8-6-11-13(23-8)18-15(22)19(14(11)21)7-12(20)17-10-4-2-9(16)3-5-10/h2-6H,7H2,1H3,(H,17,20)(H,18,22). The molecule has 2 heterocycles. The Morgan fingerprint density at radius 2 is 2.00 bits per heavy atom. The third-order valence-corrected chi connectivity index (χ3v) is 4.72. The minimum Gasteiger partial charge on any atom is -0.325 e. The quantitative estimate of drug-likeness (QED) is 0.716. The second kappa shape index (κ2) is 6.13. The average molecular weight is 394 g/mol. The number of rotatable bonds is 3. The number of aromatic amines is 1. The molecule has 118 valence electrons. The molecule has 0 unspecified atom stereocenters. The van der Waals surface area contributed by atoms with Crippen LogP contribution in [0.5, 0.6) is 0 Å². The van der Waals surface area contributed by atoms with Gasteiger partial charge in [0.1, 0.15) is 11.4 Å². The highest BCUT2D eigenvalue weighted by atomic mass is 79.9. The van der Waals surface area contributed by atoms with Crippen molar-refractivity contribution in [3.63, 3.8) is 0 Å². The summed E-state index contributed by atoms with van der Waals surface area (Å²) in [6, 6.07) is 8.73. The molecule has 0 aliphatic rings. The number of aromatic nitrogens is 2. The van der Waals surface area contributed by atoms with Gasteiger partial charge in [-0.3, -0.25) is 19.1 Å². The van der Waals surface area contributed by atoms with Gasteiger partial charge in [-0.2, -0.15) is 0 Å². The summed E-state index contributed by atoms with van der Waals surface area (Å²) in [6.45, 7) is 1.52. The number of anilines is 1. The van der Waals surface area contributed by atoms with Crippen molar-refractivity contribution in [2.75, 3.05) is 5.32 Å². The molecule has 6 nitrogen and oxygen atoms in total. The summed E-state index contributed by atoms with van der Waals surface area (Å²) >= 11 is 4.64. The first-order valence-corrected chi connectivity index (χ1v) is 8.33. The summed E-state index contributed by atoms with van der Waals surface area (Å²) in [5.41, 5.74) is -0.454. The SMILES string of the molecule is Cc1cc2c(=O)n(CC(=O)Nc3ccc(Br)cc3)c(=O)[nH]c2s1. The number of H-pyrrole nitrogens is 1. The topological polar surface area (TPSA) is 84.0 Å². The van der Waals surface area contributed by atoms with Crippen LogP contribution in [0.15, 0.2) is 44.4 Å². The highest BCUT2D eigenvalue weighted by Gasteiger charge is 2.13. The van der Waals surface area contributed by atoms with Gasteiger partial charge in [-0.05, 0) is 37.3 Å². The average Bonchev–Trinajstić information content (AvgIpc) is 2.86. The van der Waals surface area contributed by atoms with Gasteiger partial charge in [-0.25, -0.2) is 4.79 Å². The number of amides is 1. The first-order chi connectivity index (χ1) is 10.9. The number of benzene rings is 1. The Balaban J connectivity index is 1.89. The molecule has 0 spiro atoms. The number of halogens is 1. The van der Waals surface area contributed by atoms with E-state index in [1.54, 1.807) is 30.3 Å². The number of hydrogen-bond acceptors (Lipinski definition) is 4. The van der Waals surface area contributed by atoms with Gasteiger partial charge in [0, 0.05) is 15.0 Å². The van der Waals surface area contributed by atoms with Crippen molar-refractivity contribution >= 4 is 49.1 Å². The van der Waals surface area contributed by atoms with Crippen molar-refractivity contribution < 1.29 is 4.79 Å². The van der Waals surface area contributed by atoms with E-state index in [4.69, 9.17) is 0 Å². The van der Waals surface area contributed by atoms with Gasteiger partial charge in [0.05, 0.1) is 5.39 Å². The van der Waals surface area contributed by atoms with E-state index in [9.17, 15) is 14.4 Å². The van der Waals surface area contributed by atoms with Gasteiger partial charge in [-0.1, -0.05) is 15.9 Å². The molecule has 0 aliphatic carbocycles. The number of aryl methyl sites for hydroxylation is 1. The van der Waals surface area contributed by atoms with E-state index in [1.807, 2.05) is 6.92 Å². The summed E-state index contributed by atoms with van der Waals surface area (Å²) < 4.78 is 1.80. The molecule has 1 amide bonds. The molecule has 3 aromatic rings. The molecular weight excluding hydrogens is 382 g/mol. The predicted octanol–water partition coefficient (Wildman–Crippen LogP) is 2.46. The van der Waals surface area contributed by atoms with Crippen LogP contribution in [0.2, 0.25) is 0 Å². The largest absolute Gasteiger partial charge is 0.329 e. The molecular formula is C15H12BrN3O3S. The fourth-order valence-electron chi connectivity index (χ4n) is 2.19. The van der Waals surface area contributed by atoms with Crippen molar-refractivity contribution in [2.24, 2.45) is 0 Å². The molecule has 0 radical (unpaired) electrons. The Bertz CT molecular complexity index is 1000. The highest BCUT2D eigenvalue weighted by molar-refractivity contribution is 9.10. The van der Waals surface area contributed by atoms with E-state index in [1.165, 1.54) is 11.3 Å². The molecule has 23 heavy (non-hydrogen) atoms. The molecule has 8 heteroatoms. The lowest BCUT2D eigenvalue weighted by Crippen LogP contribution is -2.38. The van der Waals surface area contributed by atoms with Gasteiger partial charge in [0.15, 0.2) is 0 Å². The molecule has 0 fully saturated rings. The molecule has 0 saturated heterocycles. The number of carbonyl (C=O) groups excluding carboxylic acids is 1. The van der Waals surface area contributed by atoms with Gasteiger partial charge < -0.3 is 5.32 Å². The van der Waals surface area contributed by atoms with Crippen molar-refractivity contribution in [1.29, 1.82) is 0 Å². The Hall–Kier alpha value is -2.19. The normalized spacial score (nSPS) is 10.9. The first-order valence-electron chi connectivity index (χ1n) is 6.73. The lowest BCUT2D eigenvalue weighted by Gasteiger charge is -2.07. The zero-order valence-electron chi connectivity index (χ0n) is 12.1. The van der Waals surface area contributed by atoms with Crippen molar-refractivity contribution in [3.05, 3.63) is 60.5 Å². The maximum Gasteiger partial charge on any atom is 0.329 e. The van der Waals surface area contributed by atoms with Gasteiger partial charge >= 0.3 is 5.69 Å². The number of hydrogen-bond donors (Lipinski definition) is 2. The molecule has 2 N–H and O–H groups in total. The van der Waals surface area contributed by atoms with E-state index in [0.29, 0.717) is 15.9 Å². The Labute approximate surface area is 142 Å². The summed E-state index contributed by atoms with van der Waals surface area (Å²) in [5.74, 6) is -0.439. The molecule has 0 bridgehead atoms. The predicted molar refractivity (Wildman–Crippen MR) is 94.2 cm³/mol. The van der Waals surface area contributed by atoms with E-state index in [2.05, 4.69) is 26.2 Å². The number of thiophene rings is 1. The molecule has 3 rings (SSSR count). The van der Waals surface area contributed by atoms with Crippen LogP contribution >= 0.6 is 27.3 Å². The Morgan fingerprint density at radius 1 is 1.30 bits per heavy atom. The second-order valence-corrected chi connectivity index (χ2v) is 7.15. The van der Waals surface area contributed by atoms with Crippen LogP contribution in [0.25, 0.3) is 10.2 Å².